The minimum atomic E-state index is -0.0802. The third-order valence-electron chi connectivity index (χ3n) is 5.31. The summed E-state index contributed by atoms with van der Waals surface area (Å²) in [5, 5.41) is 0.724. The molecule has 29 heavy (non-hydrogen) atoms. The smallest absolute Gasteiger partial charge is 0.260 e. The number of hydrogen-bond acceptors (Lipinski definition) is 4. The number of Topliss-reactive ketones (excluding diaryl/α,β-unsaturated/α-hetero) is 1. The number of anilines is 1. The second kappa shape index (κ2) is 9.29. The number of aromatic nitrogens is 1. The zero-order valence-corrected chi connectivity index (χ0v) is 18.3. The number of benzene rings is 2. The first kappa shape index (κ1) is 21.1. The first-order chi connectivity index (χ1) is 13.9. The standard InChI is InChI=1S/C23H27N3O2S/c1-5-25(6-2)14-15-26(22(28)19-12-10-18(11-13-19)17(4)27)23-24-21-16(3)8-7-9-20(21)29-23/h7-13H,5-6,14-15H2,1-4H3/p+1. The van der Waals surface area contributed by atoms with Gasteiger partial charge in [0.15, 0.2) is 10.9 Å². The van der Waals surface area contributed by atoms with Crippen LogP contribution in [0.2, 0.25) is 0 Å². The fraction of sp³-hybridized carbons (Fsp3) is 0.348. The Morgan fingerprint density at radius 2 is 1.69 bits per heavy atom. The van der Waals surface area contributed by atoms with E-state index < -0.39 is 0 Å². The van der Waals surface area contributed by atoms with E-state index in [9.17, 15) is 9.59 Å². The van der Waals surface area contributed by atoms with Gasteiger partial charge in [-0.15, -0.1) is 0 Å². The van der Waals surface area contributed by atoms with Crippen molar-refractivity contribution in [2.75, 3.05) is 31.1 Å². The zero-order chi connectivity index (χ0) is 21.0. The van der Waals surface area contributed by atoms with Gasteiger partial charge >= 0.3 is 0 Å². The van der Waals surface area contributed by atoms with Gasteiger partial charge in [-0.3, -0.25) is 14.5 Å². The Balaban J connectivity index is 1.95. The molecule has 1 N–H and O–H groups in total. The van der Waals surface area contributed by atoms with E-state index in [1.165, 1.54) is 11.8 Å². The summed E-state index contributed by atoms with van der Waals surface area (Å²) >= 11 is 1.55. The number of fused-ring (bicyclic) bond motifs is 1. The molecule has 0 radical (unpaired) electrons. The molecule has 0 saturated heterocycles. The third kappa shape index (κ3) is 4.71. The fourth-order valence-electron chi connectivity index (χ4n) is 3.35. The van der Waals surface area contributed by atoms with Gasteiger partial charge in [-0.1, -0.05) is 35.6 Å². The van der Waals surface area contributed by atoms with Crippen LogP contribution in [0.15, 0.2) is 42.5 Å². The molecule has 3 aromatic rings. The highest BCUT2D eigenvalue weighted by Gasteiger charge is 2.23. The van der Waals surface area contributed by atoms with E-state index in [0.717, 1.165) is 40.5 Å². The Hall–Kier alpha value is -2.57. The maximum absolute atomic E-state index is 13.4. The van der Waals surface area contributed by atoms with Crippen molar-refractivity contribution in [1.82, 2.24) is 4.98 Å². The van der Waals surface area contributed by atoms with Crippen LogP contribution >= 0.6 is 11.3 Å². The lowest BCUT2D eigenvalue weighted by Gasteiger charge is -2.23. The SMILES string of the molecule is CC[NH+](CC)CCN(C(=O)c1ccc(C(C)=O)cc1)c1nc2c(C)cccc2s1. The summed E-state index contributed by atoms with van der Waals surface area (Å²) in [5.74, 6) is -0.0870. The quantitative estimate of drug-likeness (QED) is 0.579. The average Bonchev–Trinajstić information content (AvgIpc) is 3.16. The van der Waals surface area contributed by atoms with Crippen molar-refractivity contribution in [3.8, 4) is 0 Å². The van der Waals surface area contributed by atoms with Gasteiger partial charge in [0.2, 0.25) is 0 Å². The normalized spacial score (nSPS) is 11.2. The second-order valence-corrected chi connectivity index (χ2v) is 8.22. The summed E-state index contributed by atoms with van der Waals surface area (Å²) in [6.07, 6.45) is 0. The van der Waals surface area contributed by atoms with E-state index in [0.29, 0.717) is 17.7 Å². The first-order valence-corrected chi connectivity index (χ1v) is 10.9. The van der Waals surface area contributed by atoms with Crippen LogP contribution < -0.4 is 9.80 Å². The molecule has 1 amide bonds. The van der Waals surface area contributed by atoms with Crippen LogP contribution in [-0.4, -0.2) is 42.9 Å². The van der Waals surface area contributed by atoms with Gasteiger partial charge in [-0.05, 0) is 51.5 Å². The van der Waals surface area contributed by atoms with Crippen molar-refractivity contribution in [2.24, 2.45) is 0 Å². The second-order valence-electron chi connectivity index (χ2n) is 7.22. The molecule has 0 fully saturated rings. The summed E-state index contributed by atoms with van der Waals surface area (Å²) in [6.45, 7) is 11.4. The number of quaternary nitrogens is 1. The number of nitrogens with one attached hydrogen (secondary N) is 1. The van der Waals surface area contributed by atoms with Crippen LogP contribution in [0.25, 0.3) is 10.2 Å². The van der Waals surface area contributed by atoms with Crippen LogP contribution in [0.4, 0.5) is 5.13 Å². The topological polar surface area (TPSA) is 54.7 Å². The molecule has 152 valence electrons. The fourth-order valence-corrected chi connectivity index (χ4v) is 4.42. The number of amides is 1. The highest BCUT2D eigenvalue weighted by atomic mass is 32.1. The van der Waals surface area contributed by atoms with Crippen LogP contribution in [0.3, 0.4) is 0 Å². The Bertz CT molecular complexity index is 1010. The van der Waals surface area contributed by atoms with E-state index in [4.69, 9.17) is 4.98 Å². The lowest BCUT2D eigenvalue weighted by atomic mass is 10.1. The molecule has 0 aliphatic carbocycles. The summed E-state index contributed by atoms with van der Waals surface area (Å²) in [7, 11) is 0. The Labute approximate surface area is 176 Å². The van der Waals surface area contributed by atoms with E-state index in [-0.39, 0.29) is 11.7 Å². The predicted molar refractivity (Wildman–Crippen MR) is 119 cm³/mol. The van der Waals surface area contributed by atoms with Gasteiger partial charge in [0, 0.05) is 11.1 Å². The summed E-state index contributed by atoms with van der Waals surface area (Å²) in [5.41, 5.74) is 3.24. The van der Waals surface area contributed by atoms with E-state index >= 15 is 0 Å². The lowest BCUT2D eigenvalue weighted by molar-refractivity contribution is -0.894. The molecule has 1 aromatic heterocycles. The van der Waals surface area contributed by atoms with Crippen molar-refractivity contribution in [3.05, 3.63) is 59.2 Å². The molecule has 6 heteroatoms. The first-order valence-electron chi connectivity index (χ1n) is 10.1. The maximum Gasteiger partial charge on any atom is 0.260 e. The molecule has 0 unspecified atom stereocenters. The minimum absolute atomic E-state index is 0.00682. The number of hydrogen-bond donors (Lipinski definition) is 1. The largest absolute Gasteiger partial charge is 0.334 e. The van der Waals surface area contributed by atoms with Crippen molar-refractivity contribution < 1.29 is 14.5 Å². The molecule has 2 aromatic carbocycles. The summed E-state index contributed by atoms with van der Waals surface area (Å²) in [6, 6.07) is 13.0. The maximum atomic E-state index is 13.4. The highest BCUT2D eigenvalue weighted by molar-refractivity contribution is 7.22. The van der Waals surface area contributed by atoms with Gasteiger partial charge in [0.05, 0.1) is 36.4 Å². The Morgan fingerprint density at radius 1 is 1.03 bits per heavy atom. The van der Waals surface area contributed by atoms with E-state index in [1.807, 2.05) is 25.1 Å². The highest BCUT2D eigenvalue weighted by Crippen LogP contribution is 2.31. The van der Waals surface area contributed by atoms with Crippen LogP contribution in [0.1, 0.15) is 47.1 Å². The molecule has 0 aliphatic rings. The third-order valence-corrected chi connectivity index (χ3v) is 6.36. The number of rotatable bonds is 8. The molecule has 0 saturated carbocycles. The molecule has 1 heterocycles. The van der Waals surface area contributed by atoms with Gasteiger partial charge < -0.3 is 4.90 Å². The van der Waals surface area contributed by atoms with Gasteiger partial charge in [0.25, 0.3) is 5.91 Å². The number of aryl methyl sites for hydroxylation is 1. The number of likely N-dealkylation sites (N-methyl/N-ethyl adjacent to an activating group) is 1. The summed E-state index contributed by atoms with van der Waals surface area (Å²) < 4.78 is 1.08. The van der Waals surface area contributed by atoms with Gasteiger partial charge in [-0.2, -0.15) is 0 Å². The van der Waals surface area contributed by atoms with Gasteiger partial charge in [0.1, 0.15) is 0 Å². The van der Waals surface area contributed by atoms with E-state index in [1.54, 1.807) is 40.5 Å². The summed E-state index contributed by atoms with van der Waals surface area (Å²) in [4.78, 5) is 32.9. The Morgan fingerprint density at radius 3 is 2.28 bits per heavy atom. The number of thiazole rings is 1. The number of nitrogens with zero attached hydrogens (tertiary/aromatic N) is 2. The number of carbonyl (C=O) groups excluding carboxylic acids is 2. The number of para-hydroxylation sites is 1. The molecule has 5 nitrogen and oxygen atoms in total. The molecule has 3 rings (SSSR count). The van der Waals surface area contributed by atoms with E-state index in [2.05, 4.69) is 13.8 Å². The lowest BCUT2D eigenvalue weighted by Crippen LogP contribution is -3.12. The average molecular weight is 411 g/mol. The molecule has 0 aliphatic heterocycles. The molecule has 0 spiro atoms. The minimum Gasteiger partial charge on any atom is -0.334 e. The zero-order valence-electron chi connectivity index (χ0n) is 17.5. The van der Waals surface area contributed by atoms with Crippen molar-refractivity contribution in [2.45, 2.75) is 27.7 Å². The van der Waals surface area contributed by atoms with Crippen molar-refractivity contribution in [3.63, 3.8) is 0 Å². The molecular weight excluding hydrogens is 382 g/mol. The van der Waals surface area contributed by atoms with Gasteiger partial charge in [-0.25, -0.2) is 4.98 Å². The predicted octanol–water partition coefficient (Wildman–Crippen LogP) is 3.38. The monoisotopic (exact) mass is 410 g/mol. The van der Waals surface area contributed by atoms with Crippen LogP contribution in [-0.2, 0) is 0 Å². The molecular formula is C23H28N3O2S+. The van der Waals surface area contributed by atoms with Crippen LogP contribution in [0.5, 0.6) is 0 Å². The molecule has 0 atom stereocenters. The van der Waals surface area contributed by atoms with Crippen LogP contribution in [0, 0.1) is 6.92 Å². The van der Waals surface area contributed by atoms with Crippen molar-refractivity contribution >= 4 is 38.4 Å². The Kier molecular flexibility index (Phi) is 6.77. The number of ketones is 1. The molecule has 0 bridgehead atoms. The van der Waals surface area contributed by atoms with Crippen molar-refractivity contribution in [1.29, 1.82) is 0 Å². The number of carbonyl (C=O) groups is 2.